The van der Waals surface area contributed by atoms with Gasteiger partial charge in [0.25, 0.3) is 0 Å². The van der Waals surface area contributed by atoms with Crippen molar-refractivity contribution in [3.8, 4) is 0 Å². The van der Waals surface area contributed by atoms with E-state index in [-0.39, 0.29) is 18.4 Å². The number of β-amino-alcohol motifs (C(OH)–C–C–N with tert-alkyl or cyclic N) is 1. The molecule has 5 nitrogen and oxygen atoms in total. The van der Waals surface area contributed by atoms with Crippen molar-refractivity contribution >= 4 is 11.8 Å². The fourth-order valence-corrected chi connectivity index (χ4v) is 3.14. The van der Waals surface area contributed by atoms with Gasteiger partial charge in [-0.2, -0.15) is 0 Å². The van der Waals surface area contributed by atoms with E-state index in [0.29, 0.717) is 32.0 Å². The van der Waals surface area contributed by atoms with E-state index in [0.717, 1.165) is 32.1 Å². The molecule has 1 saturated carbocycles. The first-order valence-corrected chi connectivity index (χ1v) is 7.36. The summed E-state index contributed by atoms with van der Waals surface area (Å²) in [5.41, 5.74) is -0.627. The minimum atomic E-state index is -0.627. The summed E-state index contributed by atoms with van der Waals surface area (Å²) in [7, 11) is 0. The van der Waals surface area contributed by atoms with E-state index < -0.39 is 5.60 Å². The van der Waals surface area contributed by atoms with Crippen LogP contribution in [0.1, 0.15) is 38.5 Å². The van der Waals surface area contributed by atoms with Gasteiger partial charge in [0.15, 0.2) is 0 Å². The van der Waals surface area contributed by atoms with Crippen LogP contribution in [0, 0.1) is 5.92 Å². The van der Waals surface area contributed by atoms with Gasteiger partial charge in [0.05, 0.1) is 19.6 Å². The molecule has 2 amide bonds. The topological polar surface area (TPSA) is 60.9 Å². The zero-order valence-corrected chi connectivity index (χ0v) is 11.3. The summed E-state index contributed by atoms with van der Waals surface area (Å²) in [5, 5.41) is 10.2. The number of carbonyl (C=O) groups excluding carboxylic acids is 2. The van der Waals surface area contributed by atoms with Crippen LogP contribution in [0.4, 0.5) is 0 Å². The van der Waals surface area contributed by atoms with Crippen molar-refractivity contribution in [3.05, 3.63) is 0 Å². The van der Waals surface area contributed by atoms with Crippen LogP contribution in [0.25, 0.3) is 0 Å². The molecule has 0 aromatic carbocycles. The van der Waals surface area contributed by atoms with Gasteiger partial charge in [-0.3, -0.25) is 9.59 Å². The van der Waals surface area contributed by atoms with Crippen LogP contribution in [0.2, 0.25) is 0 Å². The predicted molar refractivity (Wildman–Crippen MR) is 69.3 cm³/mol. The highest BCUT2D eigenvalue weighted by Gasteiger charge is 2.53. The number of aliphatic hydroxyl groups is 1. The molecular weight excluding hydrogens is 244 g/mol. The molecule has 106 valence electrons. The van der Waals surface area contributed by atoms with Gasteiger partial charge in [-0.25, -0.2) is 0 Å². The molecule has 3 fully saturated rings. The third-order valence-corrected chi connectivity index (χ3v) is 4.62. The molecule has 3 rings (SSSR count). The first-order valence-electron chi connectivity index (χ1n) is 7.36. The quantitative estimate of drug-likeness (QED) is 0.803. The maximum absolute atomic E-state index is 12.1. The van der Waals surface area contributed by atoms with Gasteiger partial charge in [-0.05, 0) is 31.6 Å². The minimum Gasteiger partial charge on any atom is -0.386 e. The van der Waals surface area contributed by atoms with Crippen molar-refractivity contribution in [1.82, 2.24) is 9.80 Å². The lowest BCUT2D eigenvalue weighted by Gasteiger charge is -2.47. The maximum Gasteiger partial charge on any atom is 0.242 e. The van der Waals surface area contributed by atoms with E-state index in [1.807, 2.05) is 0 Å². The summed E-state index contributed by atoms with van der Waals surface area (Å²) in [4.78, 5) is 27.3. The largest absolute Gasteiger partial charge is 0.386 e. The van der Waals surface area contributed by atoms with E-state index in [2.05, 4.69) is 0 Å². The van der Waals surface area contributed by atoms with Crippen molar-refractivity contribution < 1.29 is 14.7 Å². The Kier molecular flexibility index (Phi) is 3.25. The summed E-state index contributed by atoms with van der Waals surface area (Å²) in [6, 6.07) is 0. The van der Waals surface area contributed by atoms with Gasteiger partial charge in [-0.15, -0.1) is 0 Å². The molecule has 19 heavy (non-hydrogen) atoms. The lowest BCUT2D eigenvalue weighted by atomic mass is 9.88. The number of nitrogens with zero attached hydrogens (tertiary/aromatic N) is 2. The number of likely N-dealkylation sites (tertiary alicyclic amines) is 2. The van der Waals surface area contributed by atoms with E-state index in [1.54, 1.807) is 9.80 Å². The molecule has 1 N–H and O–H groups in total. The molecule has 0 bridgehead atoms. The lowest BCUT2D eigenvalue weighted by molar-refractivity contribution is -0.161. The Hall–Kier alpha value is -1.10. The predicted octanol–water partition coefficient (Wildman–Crippen LogP) is 0.372. The van der Waals surface area contributed by atoms with Crippen LogP contribution in [-0.2, 0) is 9.59 Å². The maximum atomic E-state index is 12.1. The zero-order chi connectivity index (χ0) is 13.5. The third kappa shape index (κ3) is 2.61. The molecule has 2 saturated heterocycles. The Balaban J connectivity index is 1.50. The van der Waals surface area contributed by atoms with Crippen molar-refractivity contribution in [2.45, 2.75) is 44.1 Å². The normalized spacial score (nSPS) is 26.9. The fourth-order valence-electron chi connectivity index (χ4n) is 3.14. The Morgan fingerprint density at radius 1 is 1.26 bits per heavy atom. The summed E-state index contributed by atoms with van der Waals surface area (Å²) in [6.07, 6.45) is 5.74. The highest BCUT2D eigenvalue weighted by molar-refractivity contribution is 5.85. The van der Waals surface area contributed by atoms with E-state index >= 15 is 0 Å². The van der Waals surface area contributed by atoms with Gasteiger partial charge in [0, 0.05) is 13.0 Å². The Morgan fingerprint density at radius 3 is 2.68 bits per heavy atom. The number of amides is 2. The number of hydrogen-bond acceptors (Lipinski definition) is 3. The van der Waals surface area contributed by atoms with Crippen molar-refractivity contribution in [1.29, 1.82) is 0 Å². The molecule has 0 atom stereocenters. The molecule has 2 heterocycles. The average molecular weight is 266 g/mol. The van der Waals surface area contributed by atoms with Crippen LogP contribution in [0.5, 0.6) is 0 Å². The van der Waals surface area contributed by atoms with Crippen molar-refractivity contribution in [2.24, 2.45) is 5.92 Å². The second kappa shape index (κ2) is 4.78. The fraction of sp³-hybridized carbons (Fsp3) is 0.857. The van der Waals surface area contributed by atoms with Crippen LogP contribution >= 0.6 is 0 Å². The smallest absolute Gasteiger partial charge is 0.242 e. The number of rotatable bonds is 3. The average Bonchev–Trinajstić information content (AvgIpc) is 3.15. The van der Waals surface area contributed by atoms with E-state index in [9.17, 15) is 14.7 Å². The van der Waals surface area contributed by atoms with Crippen LogP contribution in [0.15, 0.2) is 0 Å². The molecular formula is C14H22N2O3. The summed E-state index contributed by atoms with van der Waals surface area (Å²) >= 11 is 0. The van der Waals surface area contributed by atoms with Gasteiger partial charge in [0.1, 0.15) is 5.60 Å². The van der Waals surface area contributed by atoms with Gasteiger partial charge in [-0.1, -0.05) is 6.42 Å². The molecule has 1 aliphatic carbocycles. The number of hydrogen-bond donors (Lipinski definition) is 1. The second-order valence-corrected chi connectivity index (χ2v) is 6.25. The van der Waals surface area contributed by atoms with Crippen molar-refractivity contribution in [2.75, 3.05) is 26.2 Å². The zero-order valence-electron chi connectivity index (χ0n) is 11.3. The first kappa shape index (κ1) is 12.9. The van der Waals surface area contributed by atoms with Crippen LogP contribution < -0.4 is 0 Å². The Bertz CT molecular complexity index is 386. The van der Waals surface area contributed by atoms with Crippen LogP contribution in [0.3, 0.4) is 0 Å². The molecule has 0 spiro atoms. The molecule has 0 unspecified atom stereocenters. The molecule has 3 aliphatic rings. The van der Waals surface area contributed by atoms with Crippen molar-refractivity contribution in [3.63, 3.8) is 0 Å². The standard InChI is InChI=1S/C14H22N2O3/c17-12-4-2-1-3-7-15(12)8-13(18)16-9-14(19,10-16)11-5-6-11/h11,19H,1-10H2. The third-order valence-electron chi connectivity index (χ3n) is 4.62. The van der Waals surface area contributed by atoms with Gasteiger partial charge in [0.2, 0.25) is 11.8 Å². The number of carbonyl (C=O) groups is 2. The van der Waals surface area contributed by atoms with E-state index in [1.165, 1.54) is 0 Å². The lowest BCUT2D eigenvalue weighted by Crippen LogP contribution is -2.66. The molecule has 0 aromatic heterocycles. The molecule has 5 heteroatoms. The molecule has 0 aromatic rings. The summed E-state index contributed by atoms with van der Waals surface area (Å²) in [5.74, 6) is 0.487. The van der Waals surface area contributed by atoms with Gasteiger partial charge >= 0.3 is 0 Å². The van der Waals surface area contributed by atoms with E-state index in [4.69, 9.17) is 0 Å². The summed E-state index contributed by atoms with van der Waals surface area (Å²) < 4.78 is 0. The highest BCUT2D eigenvalue weighted by Crippen LogP contribution is 2.44. The first-order chi connectivity index (χ1) is 9.08. The van der Waals surface area contributed by atoms with Gasteiger partial charge < -0.3 is 14.9 Å². The molecule has 0 radical (unpaired) electrons. The Labute approximate surface area is 113 Å². The monoisotopic (exact) mass is 266 g/mol. The minimum absolute atomic E-state index is 0.0134. The molecule has 2 aliphatic heterocycles. The second-order valence-electron chi connectivity index (χ2n) is 6.25. The van der Waals surface area contributed by atoms with Crippen LogP contribution in [-0.4, -0.2) is 58.5 Å². The SMILES string of the molecule is O=C1CCCCCN1CC(=O)N1CC(O)(C2CC2)C1. The highest BCUT2D eigenvalue weighted by atomic mass is 16.3. The summed E-state index contributed by atoms with van der Waals surface area (Å²) in [6.45, 7) is 1.81. The Morgan fingerprint density at radius 2 is 2.00 bits per heavy atom.